The first-order valence-corrected chi connectivity index (χ1v) is 13.8. The highest BCUT2D eigenvalue weighted by Gasteiger charge is 2.29. The third-order valence-corrected chi connectivity index (χ3v) is 7.40. The number of alkyl halides is 3. The van der Waals surface area contributed by atoms with Crippen LogP contribution in [0.25, 0.3) is 5.57 Å². The van der Waals surface area contributed by atoms with Crippen molar-refractivity contribution in [3.05, 3.63) is 106 Å². The van der Waals surface area contributed by atoms with E-state index in [4.69, 9.17) is 5.11 Å². The molecule has 0 fully saturated rings. The molecular weight excluding hydrogens is 571 g/mol. The molecule has 4 rings (SSSR count). The molecule has 42 heavy (non-hydrogen) atoms. The third kappa shape index (κ3) is 7.95. The highest BCUT2D eigenvalue weighted by Crippen LogP contribution is 2.37. The lowest BCUT2D eigenvalue weighted by Crippen LogP contribution is -2.36. The molecule has 0 bridgehead atoms. The van der Waals surface area contributed by atoms with E-state index in [-0.39, 0.29) is 38.9 Å². The summed E-state index contributed by atoms with van der Waals surface area (Å²) in [5, 5.41) is 20.4. The number of amides is 1. The number of carboxylic acids is 1. The second kappa shape index (κ2) is 13.2. The summed E-state index contributed by atoms with van der Waals surface area (Å²) in [6, 6.07) is 16.1. The molecule has 0 aliphatic heterocycles. The quantitative estimate of drug-likeness (QED) is 0.160. The summed E-state index contributed by atoms with van der Waals surface area (Å²) in [6.07, 6.45) is 3.10. The summed E-state index contributed by atoms with van der Waals surface area (Å²) < 4.78 is 38.7. The molecule has 1 aliphatic rings. The first-order valence-electron chi connectivity index (χ1n) is 13.0. The van der Waals surface area contributed by atoms with Gasteiger partial charge in [0.15, 0.2) is 17.7 Å². The fourth-order valence-electron chi connectivity index (χ4n) is 4.55. The van der Waals surface area contributed by atoms with Crippen molar-refractivity contribution < 1.29 is 42.6 Å². The normalized spacial score (nSPS) is 14.0. The first kappa shape index (κ1) is 30.7. The number of hydrogen-bond acceptors (Lipinski definition) is 6. The van der Waals surface area contributed by atoms with Gasteiger partial charge in [-0.15, -0.1) is 0 Å². The Kier molecular flexibility index (Phi) is 9.64. The summed E-state index contributed by atoms with van der Waals surface area (Å²) in [5.74, 6) is -3.33. The zero-order chi connectivity index (χ0) is 30.4. The van der Waals surface area contributed by atoms with Gasteiger partial charge in [0.25, 0.3) is 5.91 Å². The second-order valence-electron chi connectivity index (χ2n) is 9.66. The number of rotatable bonds is 10. The number of aliphatic hydroxyl groups excluding tert-OH is 1. The predicted octanol–water partition coefficient (Wildman–Crippen LogP) is 5.50. The van der Waals surface area contributed by atoms with E-state index in [0.717, 1.165) is 49.0 Å². The van der Waals surface area contributed by atoms with Crippen LogP contribution < -0.4 is 5.32 Å². The van der Waals surface area contributed by atoms with Crippen molar-refractivity contribution in [2.45, 2.75) is 42.2 Å². The molecule has 1 amide bonds. The molecule has 7 nitrogen and oxygen atoms in total. The number of aliphatic carboxylic acids is 1. The summed E-state index contributed by atoms with van der Waals surface area (Å²) in [5.41, 5.74) is -1.53. The van der Waals surface area contributed by atoms with E-state index in [0.29, 0.717) is 5.56 Å². The Morgan fingerprint density at radius 1 is 0.857 bits per heavy atom. The molecule has 0 aromatic heterocycles. The van der Waals surface area contributed by atoms with Crippen LogP contribution in [-0.4, -0.2) is 51.8 Å². The van der Waals surface area contributed by atoms with Crippen molar-refractivity contribution in [1.82, 2.24) is 5.32 Å². The van der Waals surface area contributed by atoms with Gasteiger partial charge in [-0.3, -0.25) is 14.4 Å². The zero-order valence-electron chi connectivity index (χ0n) is 22.1. The molecule has 1 atom stereocenters. The zero-order valence-corrected chi connectivity index (χ0v) is 22.9. The number of ketones is 2. The fourth-order valence-corrected chi connectivity index (χ4v) is 5.15. The predicted molar refractivity (Wildman–Crippen MR) is 150 cm³/mol. The molecule has 0 radical (unpaired) electrons. The van der Waals surface area contributed by atoms with Crippen molar-refractivity contribution in [3.63, 3.8) is 0 Å². The molecule has 3 N–H and O–H groups in total. The van der Waals surface area contributed by atoms with Gasteiger partial charge in [-0.25, -0.2) is 4.79 Å². The summed E-state index contributed by atoms with van der Waals surface area (Å²) in [7, 11) is 0. The number of carbonyl (C=O) groups excluding carboxylic acids is 3. The van der Waals surface area contributed by atoms with E-state index >= 15 is 0 Å². The monoisotopic (exact) mass is 597 g/mol. The van der Waals surface area contributed by atoms with Gasteiger partial charge in [0.05, 0.1) is 6.54 Å². The Morgan fingerprint density at radius 3 is 2.17 bits per heavy atom. The number of allylic oxidation sites excluding steroid dienone is 2. The maximum Gasteiger partial charge on any atom is 0.446 e. The molecule has 0 heterocycles. The van der Waals surface area contributed by atoms with Gasteiger partial charge in [-0.1, -0.05) is 42.5 Å². The standard InChI is InChI=1S/C31H26F3NO6S/c32-31(33,34)42-24-7-3-6-23(15-24)26(36)16-25(22-13-8-18-4-1-2-5-21(18)14-22)28(38)19-9-11-20(12-10-19)29(39)35-17-27(37)30(40)41/h3,6-16,27,37H,1-2,4-5,17H2,(H,35,39)(H,40,41)/b25-16-/t27-/m1/s1. The summed E-state index contributed by atoms with van der Waals surface area (Å²) in [6.45, 7) is -0.509. The molecule has 1 aliphatic carbocycles. The van der Waals surface area contributed by atoms with Gasteiger partial charge in [0.2, 0.25) is 0 Å². The number of thioether (sulfide) groups is 1. The Labute approximate surface area is 243 Å². The number of benzene rings is 3. The number of halogens is 3. The molecule has 0 spiro atoms. The van der Waals surface area contributed by atoms with Crippen LogP contribution in [0.4, 0.5) is 13.2 Å². The molecule has 0 saturated heterocycles. The highest BCUT2D eigenvalue weighted by molar-refractivity contribution is 8.00. The van der Waals surface area contributed by atoms with E-state index in [1.54, 1.807) is 6.07 Å². The highest BCUT2D eigenvalue weighted by atomic mass is 32.2. The largest absolute Gasteiger partial charge is 0.479 e. The third-order valence-electron chi connectivity index (χ3n) is 6.68. The summed E-state index contributed by atoms with van der Waals surface area (Å²) in [4.78, 5) is 49.9. The Balaban J connectivity index is 1.65. The van der Waals surface area contributed by atoms with Crippen LogP contribution >= 0.6 is 11.8 Å². The van der Waals surface area contributed by atoms with Gasteiger partial charge < -0.3 is 15.5 Å². The van der Waals surface area contributed by atoms with Gasteiger partial charge in [0.1, 0.15) is 0 Å². The number of fused-ring (bicyclic) bond motifs is 1. The van der Waals surface area contributed by atoms with Crippen molar-refractivity contribution in [2.75, 3.05) is 6.54 Å². The number of hydrogen-bond donors (Lipinski definition) is 3. The van der Waals surface area contributed by atoms with Gasteiger partial charge in [0, 0.05) is 27.2 Å². The minimum atomic E-state index is -4.53. The van der Waals surface area contributed by atoms with Crippen LogP contribution in [0.5, 0.6) is 0 Å². The lowest BCUT2D eigenvalue weighted by atomic mass is 9.87. The lowest BCUT2D eigenvalue weighted by molar-refractivity contribution is -0.146. The Morgan fingerprint density at radius 2 is 1.50 bits per heavy atom. The van der Waals surface area contributed by atoms with E-state index in [9.17, 15) is 37.5 Å². The molecule has 0 saturated carbocycles. The lowest BCUT2D eigenvalue weighted by Gasteiger charge is -2.17. The SMILES string of the molecule is O=C(/C=C(\C(=O)c1ccc(C(=O)NC[C@@H](O)C(=O)O)cc1)c1ccc2c(c1)CCCC2)c1cccc(SC(F)(F)F)c1. The maximum atomic E-state index is 13.7. The topological polar surface area (TPSA) is 121 Å². The van der Waals surface area contributed by atoms with Crippen LogP contribution in [0.15, 0.2) is 77.7 Å². The van der Waals surface area contributed by atoms with Crippen LogP contribution in [0.3, 0.4) is 0 Å². The van der Waals surface area contributed by atoms with Crippen molar-refractivity contribution in [2.24, 2.45) is 0 Å². The fraction of sp³-hybridized carbons (Fsp3) is 0.226. The van der Waals surface area contributed by atoms with Gasteiger partial charge >= 0.3 is 11.5 Å². The number of Topliss-reactive ketones (excluding diaryl/α,β-unsaturated/α-hetero) is 1. The van der Waals surface area contributed by atoms with Gasteiger partial charge in [-0.05, 0) is 84.5 Å². The first-order chi connectivity index (χ1) is 19.9. The summed E-state index contributed by atoms with van der Waals surface area (Å²) >= 11 is -0.339. The van der Waals surface area contributed by atoms with Gasteiger partial charge in [-0.2, -0.15) is 13.2 Å². The number of aliphatic hydroxyl groups is 1. The van der Waals surface area contributed by atoms with Crippen LogP contribution in [0, 0.1) is 0 Å². The number of aryl methyl sites for hydroxylation is 2. The van der Waals surface area contributed by atoms with Crippen LogP contribution in [0.2, 0.25) is 0 Å². The smallest absolute Gasteiger partial charge is 0.446 e. The molecular formula is C31H26F3NO6S. The Bertz CT molecular complexity index is 1550. The van der Waals surface area contributed by atoms with E-state index in [2.05, 4.69) is 5.32 Å². The minimum Gasteiger partial charge on any atom is -0.479 e. The average Bonchev–Trinajstić information content (AvgIpc) is 2.97. The minimum absolute atomic E-state index is 0.0110. The average molecular weight is 598 g/mol. The number of nitrogens with one attached hydrogen (secondary N) is 1. The molecule has 3 aromatic carbocycles. The second-order valence-corrected chi connectivity index (χ2v) is 10.8. The van der Waals surface area contributed by atoms with Crippen LogP contribution in [-0.2, 0) is 17.6 Å². The molecule has 0 unspecified atom stereocenters. The van der Waals surface area contributed by atoms with E-state index in [1.807, 2.05) is 12.1 Å². The van der Waals surface area contributed by atoms with Crippen molar-refractivity contribution in [3.8, 4) is 0 Å². The van der Waals surface area contributed by atoms with E-state index in [1.165, 1.54) is 42.5 Å². The number of carbonyl (C=O) groups is 4. The van der Waals surface area contributed by atoms with E-state index < -0.39 is 41.6 Å². The molecule has 3 aromatic rings. The van der Waals surface area contributed by atoms with Crippen LogP contribution in [0.1, 0.15) is 60.6 Å². The number of carboxylic acid groups (broad SMARTS) is 1. The van der Waals surface area contributed by atoms with Crippen molar-refractivity contribution >= 4 is 40.8 Å². The molecule has 11 heteroatoms. The molecule has 218 valence electrons. The van der Waals surface area contributed by atoms with Crippen molar-refractivity contribution in [1.29, 1.82) is 0 Å². The maximum absolute atomic E-state index is 13.7. The Hall–Kier alpha value is -4.22.